The second kappa shape index (κ2) is 9.79. The summed E-state index contributed by atoms with van der Waals surface area (Å²) in [6.07, 6.45) is 3.87. The van der Waals surface area contributed by atoms with Crippen LogP contribution in [0.3, 0.4) is 0 Å². The summed E-state index contributed by atoms with van der Waals surface area (Å²) in [5.74, 6) is 0.237. The molecular weight excluding hydrogens is 397 g/mol. The fourth-order valence-electron chi connectivity index (χ4n) is 3.53. The lowest BCUT2D eigenvalue weighted by molar-refractivity contribution is -0.123. The maximum Gasteiger partial charge on any atom is 0.255 e. The summed E-state index contributed by atoms with van der Waals surface area (Å²) in [6.45, 7) is 2.84. The van der Waals surface area contributed by atoms with E-state index in [0.29, 0.717) is 35.2 Å². The molecule has 2 fully saturated rings. The zero-order chi connectivity index (χ0) is 17.8. The Balaban J connectivity index is 0.00000243. The van der Waals surface area contributed by atoms with Crippen molar-refractivity contribution in [1.29, 1.82) is 0 Å². The molecule has 0 aliphatic carbocycles. The van der Waals surface area contributed by atoms with Gasteiger partial charge in [-0.1, -0.05) is 29.3 Å². The number of hydrogen-bond acceptors (Lipinski definition) is 3. The van der Waals surface area contributed by atoms with Gasteiger partial charge < -0.3 is 15.5 Å². The second-order valence-corrected chi connectivity index (χ2v) is 7.54. The van der Waals surface area contributed by atoms with Gasteiger partial charge in [-0.2, -0.15) is 0 Å². The lowest BCUT2D eigenvalue weighted by atomic mass is 9.97. The van der Waals surface area contributed by atoms with Crippen molar-refractivity contribution in [1.82, 2.24) is 15.5 Å². The first-order chi connectivity index (χ1) is 12.1. The number of likely N-dealkylation sites (tertiary alicyclic amines) is 1. The van der Waals surface area contributed by atoms with Crippen molar-refractivity contribution in [2.45, 2.75) is 31.7 Å². The number of halogens is 3. The van der Waals surface area contributed by atoms with E-state index in [1.807, 2.05) is 4.90 Å². The van der Waals surface area contributed by atoms with E-state index in [0.717, 1.165) is 32.2 Å². The molecule has 2 unspecified atom stereocenters. The molecule has 1 aromatic carbocycles. The van der Waals surface area contributed by atoms with Crippen LogP contribution in [0.4, 0.5) is 0 Å². The van der Waals surface area contributed by atoms with Gasteiger partial charge in [0.25, 0.3) is 5.91 Å². The van der Waals surface area contributed by atoms with Crippen LogP contribution < -0.4 is 10.6 Å². The second-order valence-electron chi connectivity index (χ2n) is 6.75. The molecule has 0 spiro atoms. The average molecular weight is 421 g/mol. The number of carbonyl (C=O) groups is 2. The van der Waals surface area contributed by atoms with E-state index in [9.17, 15) is 9.59 Å². The maximum absolute atomic E-state index is 12.8. The highest BCUT2D eigenvalue weighted by Crippen LogP contribution is 2.28. The van der Waals surface area contributed by atoms with E-state index in [4.69, 9.17) is 23.2 Å². The first-order valence-corrected chi connectivity index (χ1v) is 9.56. The molecule has 1 aromatic rings. The molecular formula is C18H24Cl3N3O2. The van der Waals surface area contributed by atoms with E-state index in [2.05, 4.69) is 10.6 Å². The molecule has 26 heavy (non-hydrogen) atoms. The van der Waals surface area contributed by atoms with E-state index in [1.54, 1.807) is 18.2 Å². The molecule has 5 nitrogen and oxygen atoms in total. The van der Waals surface area contributed by atoms with Crippen molar-refractivity contribution >= 4 is 47.4 Å². The van der Waals surface area contributed by atoms with Crippen LogP contribution in [0.5, 0.6) is 0 Å². The van der Waals surface area contributed by atoms with E-state index in [1.165, 1.54) is 0 Å². The number of rotatable bonds is 4. The lowest BCUT2D eigenvalue weighted by Gasteiger charge is -2.33. The Morgan fingerprint density at radius 2 is 2.04 bits per heavy atom. The fourth-order valence-corrected chi connectivity index (χ4v) is 3.91. The highest BCUT2D eigenvalue weighted by Gasteiger charge is 2.27. The number of nitrogens with zero attached hydrogens (tertiary/aromatic N) is 1. The largest absolute Gasteiger partial charge is 0.354 e. The minimum Gasteiger partial charge on any atom is -0.354 e. The summed E-state index contributed by atoms with van der Waals surface area (Å²) in [4.78, 5) is 26.7. The highest BCUT2D eigenvalue weighted by atomic mass is 35.5. The summed E-state index contributed by atoms with van der Waals surface area (Å²) >= 11 is 12.2. The molecule has 0 radical (unpaired) electrons. The van der Waals surface area contributed by atoms with Gasteiger partial charge >= 0.3 is 0 Å². The first kappa shape index (κ1) is 21.3. The zero-order valence-electron chi connectivity index (χ0n) is 14.5. The molecule has 2 amide bonds. The molecule has 2 N–H and O–H groups in total. The van der Waals surface area contributed by atoms with Gasteiger partial charge in [0.05, 0.1) is 21.7 Å². The minimum absolute atomic E-state index is 0. The Morgan fingerprint density at radius 3 is 2.77 bits per heavy atom. The van der Waals surface area contributed by atoms with E-state index in [-0.39, 0.29) is 36.2 Å². The van der Waals surface area contributed by atoms with Gasteiger partial charge in [0.15, 0.2) is 0 Å². The van der Waals surface area contributed by atoms with Gasteiger partial charge in [-0.3, -0.25) is 9.59 Å². The Hall–Kier alpha value is -1.01. The average Bonchev–Trinajstić information content (AvgIpc) is 3.16. The number of benzene rings is 1. The van der Waals surface area contributed by atoms with Gasteiger partial charge in [0.1, 0.15) is 0 Å². The van der Waals surface area contributed by atoms with Gasteiger partial charge in [-0.25, -0.2) is 0 Å². The normalized spacial score (nSPS) is 22.6. The summed E-state index contributed by atoms with van der Waals surface area (Å²) in [6, 6.07) is 5.05. The van der Waals surface area contributed by atoms with E-state index < -0.39 is 0 Å². The van der Waals surface area contributed by atoms with Crippen LogP contribution in [0.25, 0.3) is 0 Å². The third kappa shape index (κ3) is 5.03. The van der Waals surface area contributed by atoms with Crippen LogP contribution in [-0.4, -0.2) is 48.9 Å². The lowest BCUT2D eigenvalue weighted by Crippen LogP contribution is -2.46. The third-order valence-corrected chi connectivity index (χ3v) is 5.75. The van der Waals surface area contributed by atoms with Gasteiger partial charge in [0.2, 0.25) is 5.91 Å². The van der Waals surface area contributed by atoms with Crippen molar-refractivity contribution in [2.24, 2.45) is 5.92 Å². The predicted molar refractivity (Wildman–Crippen MR) is 106 cm³/mol. The zero-order valence-corrected chi connectivity index (χ0v) is 16.8. The van der Waals surface area contributed by atoms with Crippen LogP contribution in [0.15, 0.2) is 18.2 Å². The summed E-state index contributed by atoms with van der Waals surface area (Å²) < 4.78 is 0. The molecule has 0 bridgehead atoms. The number of carbonyl (C=O) groups excluding carboxylic acids is 2. The Morgan fingerprint density at radius 1 is 1.23 bits per heavy atom. The first-order valence-electron chi connectivity index (χ1n) is 8.80. The SMILES string of the molecule is Cl.O=C(NCC1CCCN(C(=O)c2cccc(Cl)c2Cl)C1)C1CCCN1. The molecule has 144 valence electrons. The molecule has 2 saturated heterocycles. The van der Waals surface area contributed by atoms with E-state index >= 15 is 0 Å². The highest BCUT2D eigenvalue weighted by molar-refractivity contribution is 6.43. The Bertz CT molecular complexity index is 651. The number of hydrogen-bond donors (Lipinski definition) is 2. The van der Waals surface area contributed by atoms with Crippen LogP contribution >= 0.6 is 35.6 Å². The monoisotopic (exact) mass is 419 g/mol. The Labute approximate surface area is 170 Å². The predicted octanol–water partition coefficient (Wildman–Crippen LogP) is 3.14. The molecule has 2 aliphatic rings. The van der Waals surface area contributed by atoms with Crippen LogP contribution in [-0.2, 0) is 4.79 Å². The van der Waals surface area contributed by atoms with Gasteiger partial charge in [-0.05, 0) is 50.3 Å². The van der Waals surface area contributed by atoms with Crippen molar-refractivity contribution in [3.63, 3.8) is 0 Å². The van der Waals surface area contributed by atoms with Crippen molar-refractivity contribution in [3.05, 3.63) is 33.8 Å². The van der Waals surface area contributed by atoms with Gasteiger partial charge in [0, 0.05) is 19.6 Å². The number of amides is 2. The maximum atomic E-state index is 12.8. The molecule has 2 atom stereocenters. The third-order valence-electron chi connectivity index (χ3n) is 4.93. The molecule has 0 saturated carbocycles. The molecule has 2 heterocycles. The summed E-state index contributed by atoms with van der Waals surface area (Å²) in [5, 5.41) is 6.92. The standard InChI is InChI=1S/C18H23Cl2N3O2.ClH/c19-14-6-1-5-13(16(14)20)18(25)23-9-3-4-12(11-23)10-22-17(24)15-7-2-8-21-15;/h1,5-6,12,15,21H,2-4,7-11H2,(H,22,24);1H. The fraction of sp³-hybridized carbons (Fsp3) is 0.556. The molecule has 0 aromatic heterocycles. The number of nitrogens with one attached hydrogen (secondary N) is 2. The smallest absolute Gasteiger partial charge is 0.255 e. The molecule has 3 rings (SSSR count). The van der Waals surface area contributed by atoms with Crippen molar-refractivity contribution < 1.29 is 9.59 Å². The summed E-state index contributed by atoms with van der Waals surface area (Å²) in [7, 11) is 0. The quantitative estimate of drug-likeness (QED) is 0.786. The minimum atomic E-state index is -0.0963. The van der Waals surface area contributed by atoms with Crippen LogP contribution in [0, 0.1) is 5.92 Å². The Kier molecular flexibility index (Phi) is 8.02. The molecule has 8 heteroatoms. The van der Waals surface area contributed by atoms with Crippen molar-refractivity contribution in [2.75, 3.05) is 26.2 Å². The molecule has 2 aliphatic heterocycles. The number of piperidine rings is 1. The van der Waals surface area contributed by atoms with Crippen LogP contribution in [0.2, 0.25) is 10.0 Å². The topological polar surface area (TPSA) is 61.4 Å². The van der Waals surface area contributed by atoms with Crippen molar-refractivity contribution in [3.8, 4) is 0 Å². The summed E-state index contributed by atoms with van der Waals surface area (Å²) in [5.41, 5.74) is 0.439. The van der Waals surface area contributed by atoms with Crippen LogP contribution in [0.1, 0.15) is 36.0 Å². The van der Waals surface area contributed by atoms with Gasteiger partial charge in [-0.15, -0.1) is 12.4 Å².